The smallest absolute Gasteiger partial charge is 0.250 e. The average Bonchev–Trinajstić information content (AvgIpc) is 3.20. The molecule has 3 aromatic heterocycles. The van der Waals surface area contributed by atoms with E-state index >= 15 is 0 Å². The van der Waals surface area contributed by atoms with E-state index in [9.17, 15) is 4.79 Å². The summed E-state index contributed by atoms with van der Waals surface area (Å²) in [4.78, 5) is 21.5. The lowest BCUT2D eigenvalue weighted by atomic mass is 10.3. The van der Waals surface area contributed by atoms with Crippen molar-refractivity contribution in [1.29, 1.82) is 0 Å². The van der Waals surface area contributed by atoms with Crippen LogP contribution in [0.4, 0.5) is 5.82 Å². The minimum absolute atomic E-state index is 0.172. The lowest BCUT2D eigenvalue weighted by Crippen LogP contribution is -2.24. The van der Waals surface area contributed by atoms with Crippen molar-refractivity contribution in [2.24, 2.45) is 0 Å². The largest absolute Gasteiger partial charge is 0.309 e. The van der Waals surface area contributed by atoms with E-state index in [1.807, 2.05) is 17.5 Å². The first-order chi connectivity index (χ1) is 10.2. The molecule has 106 valence electrons. The molecule has 0 unspecified atom stereocenters. The molecule has 0 saturated heterocycles. The summed E-state index contributed by atoms with van der Waals surface area (Å²) in [6.45, 7) is 1.78. The average molecular weight is 299 g/mol. The Labute approximate surface area is 125 Å². The summed E-state index contributed by atoms with van der Waals surface area (Å²) in [5, 5.41) is 8.83. The van der Waals surface area contributed by atoms with Gasteiger partial charge in [-0.25, -0.2) is 9.97 Å². The van der Waals surface area contributed by atoms with E-state index in [4.69, 9.17) is 0 Å². The van der Waals surface area contributed by atoms with Gasteiger partial charge in [-0.3, -0.25) is 9.48 Å². The number of nitrogens with zero attached hydrogens (tertiary/aromatic N) is 4. The molecular formula is C14H13N5OS. The van der Waals surface area contributed by atoms with Crippen molar-refractivity contribution in [2.75, 3.05) is 5.32 Å². The Bertz CT molecular complexity index is 724. The number of aromatic nitrogens is 4. The molecule has 3 rings (SSSR count). The second kappa shape index (κ2) is 5.84. The molecule has 0 spiro atoms. The van der Waals surface area contributed by atoms with Gasteiger partial charge < -0.3 is 5.32 Å². The van der Waals surface area contributed by atoms with Crippen molar-refractivity contribution < 1.29 is 4.79 Å². The number of nitrogens with one attached hydrogen (secondary N) is 1. The number of anilines is 1. The van der Waals surface area contributed by atoms with Crippen LogP contribution >= 0.6 is 11.3 Å². The Balaban J connectivity index is 1.76. The van der Waals surface area contributed by atoms with Crippen LogP contribution in [0, 0.1) is 0 Å². The van der Waals surface area contributed by atoms with E-state index in [1.165, 1.54) is 6.33 Å². The number of hydrogen-bond donors (Lipinski definition) is 1. The van der Waals surface area contributed by atoms with Crippen LogP contribution in [0.25, 0.3) is 10.6 Å². The van der Waals surface area contributed by atoms with Crippen LogP contribution in [0.15, 0.2) is 48.4 Å². The second-order valence-electron chi connectivity index (χ2n) is 4.42. The summed E-state index contributed by atoms with van der Waals surface area (Å²) in [7, 11) is 0. The molecule has 3 heterocycles. The first-order valence-corrected chi connectivity index (χ1v) is 7.28. The maximum Gasteiger partial charge on any atom is 0.250 e. The summed E-state index contributed by atoms with van der Waals surface area (Å²) in [6.07, 6.45) is 4.84. The van der Waals surface area contributed by atoms with Crippen LogP contribution in [0.5, 0.6) is 0 Å². The van der Waals surface area contributed by atoms with Gasteiger partial charge in [0.05, 0.1) is 10.6 Å². The van der Waals surface area contributed by atoms with Crippen LogP contribution in [0.1, 0.15) is 13.0 Å². The lowest BCUT2D eigenvalue weighted by molar-refractivity contribution is -0.119. The molecule has 0 aliphatic heterocycles. The molecule has 0 aliphatic rings. The highest BCUT2D eigenvalue weighted by Crippen LogP contribution is 2.23. The van der Waals surface area contributed by atoms with Gasteiger partial charge >= 0.3 is 0 Å². The van der Waals surface area contributed by atoms with Gasteiger partial charge in [0, 0.05) is 18.5 Å². The summed E-state index contributed by atoms with van der Waals surface area (Å²) >= 11 is 1.59. The van der Waals surface area contributed by atoms with Crippen LogP contribution in [0.2, 0.25) is 0 Å². The minimum atomic E-state index is -0.403. The molecule has 21 heavy (non-hydrogen) atoms. The molecule has 0 aromatic carbocycles. The van der Waals surface area contributed by atoms with Crippen LogP contribution < -0.4 is 5.32 Å². The summed E-state index contributed by atoms with van der Waals surface area (Å²) in [6, 6.07) is 7.08. The van der Waals surface area contributed by atoms with Crippen molar-refractivity contribution in [3.8, 4) is 10.6 Å². The highest BCUT2D eigenvalue weighted by atomic mass is 32.1. The molecule has 1 N–H and O–H groups in total. The number of amides is 1. The van der Waals surface area contributed by atoms with Gasteiger partial charge in [-0.2, -0.15) is 5.10 Å². The number of thiophene rings is 1. The normalized spacial score (nSPS) is 12.0. The molecule has 0 fully saturated rings. The van der Waals surface area contributed by atoms with Crippen molar-refractivity contribution in [1.82, 2.24) is 19.7 Å². The lowest BCUT2D eigenvalue weighted by Gasteiger charge is -2.12. The molecule has 3 aromatic rings. The van der Waals surface area contributed by atoms with Crippen LogP contribution in [-0.2, 0) is 4.79 Å². The van der Waals surface area contributed by atoms with Gasteiger partial charge in [0.15, 0.2) is 0 Å². The fourth-order valence-corrected chi connectivity index (χ4v) is 2.54. The SMILES string of the molecule is C[C@@H](C(=O)Nc1cc(-c2cccs2)ncn1)n1cccn1. The van der Waals surface area contributed by atoms with Crippen LogP contribution in [0.3, 0.4) is 0 Å². The molecule has 0 aliphatic carbocycles. The fraction of sp³-hybridized carbons (Fsp3) is 0.143. The third-order valence-electron chi connectivity index (χ3n) is 2.99. The molecule has 0 radical (unpaired) electrons. The molecular weight excluding hydrogens is 286 g/mol. The maximum atomic E-state index is 12.2. The highest BCUT2D eigenvalue weighted by molar-refractivity contribution is 7.13. The van der Waals surface area contributed by atoms with E-state index in [0.717, 1.165) is 10.6 Å². The van der Waals surface area contributed by atoms with Crippen molar-refractivity contribution in [2.45, 2.75) is 13.0 Å². The number of hydrogen-bond acceptors (Lipinski definition) is 5. The second-order valence-corrected chi connectivity index (χ2v) is 5.36. The van der Waals surface area contributed by atoms with E-state index < -0.39 is 6.04 Å². The quantitative estimate of drug-likeness (QED) is 0.803. The summed E-state index contributed by atoms with van der Waals surface area (Å²) < 4.78 is 1.59. The Kier molecular flexibility index (Phi) is 3.74. The van der Waals surface area contributed by atoms with Crippen LogP contribution in [-0.4, -0.2) is 25.7 Å². The molecule has 1 atom stereocenters. The van der Waals surface area contributed by atoms with Gasteiger partial charge in [0.2, 0.25) is 5.91 Å². The van der Waals surface area contributed by atoms with E-state index in [-0.39, 0.29) is 5.91 Å². The number of carbonyl (C=O) groups excluding carboxylic acids is 1. The topological polar surface area (TPSA) is 72.7 Å². The third-order valence-corrected chi connectivity index (χ3v) is 3.89. The predicted molar refractivity (Wildman–Crippen MR) is 80.9 cm³/mol. The van der Waals surface area contributed by atoms with Gasteiger partial charge in [-0.1, -0.05) is 6.07 Å². The highest BCUT2D eigenvalue weighted by Gasteiger charge is 2.16. The van der Waals surface area contributed by atoms with Crippen molar-refractivity contribution in [3.63, 3.8) is 0 Å². The molecule has 0 bridgehead atoms. The number of rotatable bonds is 4. The standard InChI is InChI=1S/C14H13N5OS/c1-10(19-6-3-5-17-19)14(20)18-13-8-11(15-9-16-13)12-4-2-7-21-12/h2-10H,1H3,(H,15,16,18,20)/t10-/m0/s1. The Morgan fingerprint density at radius 3 is 3.00 bits per heavy atom. The number of carbonyl (C=O) groups is 1. The van der Waals surface area contributed by atoms with Gasteiger partial charge in [-0.05, 0) is 24.4 Å². The summed E-state index contributed by atoms with van der Waals surface area (Å²) in [5.41, 5.74) is 0.794. The first-order valence-electron chi connectivity index (χ1n) is 6.40. The van der Waals surface area contributed by atoms with E-state index in [1.54, 1.807) is 47.5 Å². The zero-order valence-electron chi connectivity index (χ0n) is 11.3. The molecule has 6 nitrogen and oxygen atoms in total. The first kappa shape index (κ1) is 13.4. The van der Waals surface area contributed by atoms with Crippen molar-refractivity contribution in [3.05, 3.63) is 48.4 Å². The summed E-state index contributed by atoms with van der Waals surface area (Å²) in [5.74, 6) is 0.312. The zero-order chi connectivity index (χ0) is 14.7. The third kappa shape index (κ3) is 2.97. The maximum absolute atomic E-state index is 12.2. The zero-order valence-corrected chi connectivity index (χ0v) is 12.1. The van der Waals surface area contributed by atoms with Gasteiger partial charge in [0.25, 0.3) is 0 Å². The molecule has 1 amide bonds. The van der Waals surface area contributed by atoms with Gasteiger partial charge in [0.1, 0.15) is 18.2 Å². The molecule has 7 heteroatoms. The molecule has 0 saturated carbocycles. The Morgan fingerprint density at radius 1 is 1.38 bits per heavy atom. The fourth-order valence-electron chi connectivity index (χ4n) is 1.85. The van der Waals surface area contributed by atoms with E-state index in [2.05, 4.69) is 20.4 Å². The monoisotopic (exact) mass is 299 g/mol. The van der Waals surface area contributed by atoms with E-state index in [0.29, 0.717) is 5.82 Å². The minimum Gasteiger partial charge on any atom is -0.309 e. The Morgan fingerprint density at radius 2 is 2.29 bits per heavy atom. The predicted octanol–water partition coefficient (Wildman–Crippen LogP) is 2.60. The Hall–Kier alpha value is -2.54. The van der Waals surface area contributed by atoms with Crippen molar-refractivity contribution >= 4 is 23.1 Å². The van der Waals surface area contributed by atoms with Gasteiger partial charge in [-0.15, -0.1) is 11.3 Å².